The fourth-order valence-corrected chi connectivity index (χ4v) is 4.77. The van der Waals surface area contributed by atoms with Gasteiger partial charge in [-0.1, -0.05) is 13.0 Å². The molecule has 0 aliphatic carbocycles. The van der Waals surface area contributed by atoms with Gasteiger partial charge in [-0.3, -0.25) is 4.79 Å². The first-order valence-electron chi connectivity index (χ1n) is 9.49. The maximum absolute atomic E-state index is 12.4. The Morgan fingerprint density at radius 2 is 1.69 bits per heavy atom. The molecule has 0 aromatic heterocycles. The maximum Gasteiger partial charge on any atom is 0.242 e. The molecule has 0 aliphatic heterocycles. The summed E-state index contributed by atoms with van der Waals surface area (Å²) in [7, 11) is -1.65. The van der Waals surface area contributed by atoms with Crippen LogP contribution in [0, 0.1) is 0 Å². The van der Waals surface area contributed by atoms with Gasteiger partial charge >= 0.3 is 0 Å². The van der Waals surface area contributed by atoms with Crippen LogP contribution in [0.25, 0.3) is 0 Å². The number of aryl methyl sites for hydroxylation is 1. The number of carbonyl (C=O) groups is 1. The van der Waals surface area contributed by atoms with Gasteiger partial charge in [-0.05, 0) is 69.8 Å². The van der Waals surface area contributed by atoms with E-state index in [2.05, 4.69) is 46.2 Å². The lowest BCUT2D eigenvalue weighted by Crippen LogP contribution is -2.33. The van der Waals surface area contributed by atoms with Crippen LogP contribution in [-0.4, -0.2) is 35.6 Å². The second-order valence-electron chi connectivity index (χ2n) is 8.70. The molecule has 1 rings (SSSR count). The molecule has 0 heterocycles. The minimum Gasteiger partial charge on any atom is -0.542 e. The molecule has 6 heteroatoms. The van der Waals surface area contributed by atoms with E-state index < -0.39 is 16.6 Å². The van der Waals surface area contributed by atoms with E-state index in [1.54, 1.807) is 7.11 Å². The summed E-state index contributed by atoms with van der Waals surface area (Å²) in [4.78, 5) is 12.4. The standard InChI is InChI=1S/C20H36O4Si2/c1-9-18(23-25(3,4)5)15-17(21)12-10-16-11-13-19(20(14-16)22-2)24-26(6,7)8/h11,13-14,18H,9-10,12,15H2,1-8H3. The van der Waals surface area contributed by atoms with E-state index in [-0.39, 0.29) is 11.9 Å². The molecule has 1 unspecified atom stereocenters. The van der Waals surface area contributed by atoms with E-state index in [0.29, 0.717) is 19.3 Å². The lowest BCUT2D eigenvalue weighted by Gasteiger charge is -2.25. The normalized spacial score (nSPS) is 13.4. The van der Waals surface area contributed by atoms with Crippen LogP contribution < -0.4 is 9.16 Å². The zero-order chi connectivity index (χ0) is 20.0. The Balaban J connectivity index is 2.65. The van der Waals surface area contributed by atoms with Crippen molar-refractivity contribution in [2.75, 3.05) is 7.11 Å². The van der Waals surface area contributed by atoms with Crippen molar-refractivity contribution < 1.29 is 18.4 Å². The topological polar surface area (TPSA) is 44.8 Å². The molecule has 1 aromatic carbocycles. The summed E-state index contributed by atoms with van der Waals surface area (Å²) in [5.41, 5.74) is 1.09. The minimum atomic E-state index is -1.69. The number of ketones is 1. The Labute approximate surface area is 161 Å². The fraction of sp³-hybridized carbons (Fsp3) is 0.650. The van der Waals surface area contributed by atoms with Crippen molar-refractivity contribution in [2.24, 2.45) is 0 Å². The first-order chi connectivity index (χ1) is 11.9. The third-order valence-electron chi connectivity index (χ3n) is 3.77. The second-order valence-corrected chi connectivity index (χ2v) is 17.6. The van der Waals surface area contributed by atoms with Crippen molar-refractivity contribution in [3.8, 4) is 11.5 Å². The minimum absolute atomic E-state index is 0.0521. The molecule has 0 radical (unpaired) electrons. The van der Waals surface area contributed by atoms with E-state index in [9.17, 15) is 4.79 Å². The van der Waals surface area contributed by atoms with E-state index in [1.807, 2.05) is 18.2 Å². The van der Waals surface area contributed by atoms with Crippen LogP contribution >= 0.6 is 0 Å². The number of rotatable bonds is 11. The molecule has 0 N–H and O–H groups in total. The molecule has 26 heavy (non-hydrogen) atoms. The summed E-state index contributed by atoms with van der Waals surface area (Å²) in [5.74, 6) is 1.79. The molecule has 0 amide bonds. The molecule has 0 saturated carbocycles. The highest BCUT2D eigenvalue weighted by atomic mass is 28.4. The van der Waals surface area contributed by atoms with Gasteiger partial charge in [-0.25, -0.2) is 0 Å². The van der Waals surface area contributed by atoms with Crippen molar-refractivity contribution >= 4 is 22.4 Å². The zero-order valence-corrected chi connectivity index (χ0v) is 19.8. The molecule has 0 aliphatic rings. The van der Waals surface area contributed by atoms with Crippen LogP contribution in [0.15, 0.2) is 18.2 Å². The predicted molar refractivity (Wildman–Crippen MR) is 113 cm³/mol. The molecule has 1 aromatic rings. The van der Waals surface area contributed by atoms with Gasteiger partial charge in [0.05, 0.1) is 13.2 Å². The smallest absolute Gasteiger partial charge is 0.242 e. The fourth-order valence-electron chi connectivity index (χ4n) is 2.69. The Hall–Kier alpha value is -1.12. The van der Waals surface area contributed by atoms with E-state index in [0.717, 1.165) is 23.5 Å². The van der Waals surface area contributed by atoms with Gasteiger partial charge in [0.1, 0.15) is 11.5 Å². The van der Waals surface area contributed by atoms with Gasteiger partial charge in [0.2, 0.25) is 8.32 Å². The van der Waals surface area contributed by atoms with Gasteiger partial charge in [0, 0.05) is 12.8 Å². The Morgan fingerprint density at radius 1 is 1.04 bits per heavy atom. The zero-order valence-electron chi connectivity index (χ0n) is 17.8. The van der Waals surface area contributed by atoms with Crippen LogP contribution in [0.4, 0.5) is 0 Å². The molecule has 1 atom stereocenters. The van der Waals surface area contributed by atoms with Crippen molar-refractivity contribution in [1.29, 1.82) is 0 Å². The van der Waals surface area contributed by atoms with Crippen LogP contribution in [0.2, 0.25) is 39.3 Å². The molecule has 0 saturated heterocycles. The molecular weight excluding hydrogens is 360 g/mol. The van der Waals surface area contributed by atoms with Gasteiger partial charge in [0.25, 0.3) is 0 Å². The molecule has 0 spiro atoms. The van der Waals surface area contributed by atoms with Crippen molar-refractivity contribution in [1.82, 2.24) is 0 Å². The predicted octanol–water partition coefficient (Wildman–Crippen LogP) is 5.43. The maximum atomic E-state index is 12.4. The van der Waals surface area contributed by atoms with Crippen molar-refractivity contribution in [2.45, 2.75) is 78.0 Å². The van der Waals surface area contributed by atoms with Gasteiger partial charge in [0.15, 0.2) is 14.1 Å². The van der Waals surface area contributed by atoms with E-state index in [4.69, 9.17) is 13.6 Å². The number of carbonyl (C=O) groups excluding carboxylic acids is 1. The number of methoxy groups -OCH3 is 1. The van der Waals surface area contributed by atoms with Gasteiger partial charge < -0.3 is 13.6 Å². The van der Waals surface area contributed by atoms with Gasteiger partial charge in [-0.2, -0.15) is 0 Å². The highest BCUT2D eigenvalue weighted by Crippen LogP contribution is 2.30. The third kappa shape index (κ3) is 9.01. The van der Waals surface area contributed by atoms with Gasteiger partial charge in [-0.15, -0.1) is 0 Å². The number of hydrogen-bond donors (Lipinski definition) is 0. The molecule has 148 valence electrons. The first-order valence-corrected chi connectivity index (χ1v) is 16.3. The molecule has 4 nitrogen and oxygen atoms in total. The average molecular weight is 397 g/mol. The number of ether oxygens (including phenoxy) is 1. The Kier molecular flexibility index (Phi) is 8.56. The van der Waals surface area contributed by atoms with Crippen LogP contribution in [0.1, 0.15) is 31.7 Å². The van der Waals surface area contributed by atoms with E-state index >= 15 is 0 Å². The van der Waals surface area contributed by atoms with Crippen LogP contribution in [0.3, 0.4) is 0 Å². The summed E-state index contributed by atoms with van der Waals surface area (Å²) in [6.07, 6.45) is 2.69. The number of Topliss-reactive ketones (excluding diaryl/α,β-unsaturated/α-hetero) is 1. The van der Waals surface area contributed by atoms with Crippen LogP contribution in [-0.2, 0) is 15.6 Å². The summed E-state index contributed by atoms with van der Waals surface area (Å²) < 4.78 is 17.6. The number of benzene rings is 1. The summed E-state index contributed by atoms with van der Waals surface area (Å²) in [5, 5.41) is 0. The monoisotopic (exact) mass is 396 g/mol. The lowest BCUT2D eigenvalue weighted by molar-refractivity contribution is -0.120. The SMILES string of the molecule is CCC(CC(=O)CCc1ccc(O[Si](C)(C)C)c(OC)c1)O[Si](C)(C)C. The highest BCUT2D eigenvalue weighted by Gasteiger charge is 2.22. The van der Waals surface area contributed by atoms with Crippen molar-refractivity contribution in [3.05, 3.63) is 23.8 Å². The lowest BCUT2D eigenvalue weighted by atomic mass is 10.0. The molecule has 0 fully saturated rings. The summed E-state index contributed by atoms with van der Waals surface area (Å²) in [6, 6.07) is 5.97. The number of hydrogen-bond acceptors (Lipinski definition) is 4. The molecular formula is C20H36O4Si2. The third-order valence-corrected chi connectivity index (χ3v) is 5.64. The second kappa shape index (κ2) is 9.71. The van der Waals surface area contributed by atoms with E-state index in [1.165, 1.54) is 0 Å². The summed E-state index contributed by atoms with van der Waals surface area (Å²) >= 11 is 0. The highest BCUT2D eigenvalue weighted by molar-refractivity contribution is 6.70. The Bertz CT molecular complexity index is 588. The first kappa shape index (κ1) is 22.9. The van der Waals surface area contributed by atoms with Crippen molar-refractivity contribution in [3.63, 3.8) is 0 Å². The Morgan fingerprint density at radius 3 is 2.19 bits per heavy atom. The quantitative estimate of drug-likeness (QED) is 0.468. The molecule has 0 bridgehead atoms. The largest absolute Gasteiger partial charge is 0.542 e. The average Bonchev–Trinajstić information content (AvgIpc) is 2.50. The summed E-state index contributed by atoms with van der Waals surface area (Å²) in [6.45, 7) is 15.0. The van der Waals surface area contributed by atoms with Crippen LogP contribution in [0.5, 0.6) is 11.5 Å².